The van der Waals surface area contributed by atoms with Crippen molar-refractivity contribution in [1.29, 1.82) is 0 Å². The maximum atomic E-state index is 10.9. The number of hydrogen-bond donors (Lipinski definition) is 2. The molecule has 0 saturated carbocycles. The van der Waals surface area contributed by atoms with Crippen molar-refractivity contribution in [1.82, 2.24) is 10.3 Å². The van der Waals surface area contributed by atoms with E-state index >= 15 is 0 Å². The van der Waals surface area contributed by atoms with Crippen LogP contribution in [-0.4, -0.2) is 30.1 Å². The average molecular weight is 221 g/mol. The van der Waals surface area contributed by atoms with Crippen LogP contribution in [0.2, 0.25) is 0 Å². The Labute approximate surface area is 94.0 Å². The second-order valence-corrected chi connectivity index (χ2v) is 3.81. The number of carbonyl (C=O) groups excluding carboxylic acids is 1. The van der Waals surface area contributed by atoms with Crippen LogP contribution in [0.5, 0.6) is 5.88 Å². The molecule has 1 aliphatic heterocycles. The summed E-state index contributed by atoms with van der Waals surface area (Å²) in [5.74, 6) is -0.0720. The Hall–Kier alpha value is -1.62. The lowest BCUT2D eigenvalue weighted by atomic mass is 10.1. The van der Waals surface area contributed by atoms with Crippen LogP contribution in [0.1, 0.15) is 23.3 Å². The molecule has 1 atom stereocenters. The number of hydrogen-bond acceptors (Lipinski definition) is 4. The zero-order valence-corrected chi connectivity index (χ0v) is 8.98. The van der Waals surface area contributed by atoms with E-state index in [4.69, 9.17) is 10.5 Å². The van der Waals surface area contributed by atoms with Crippen LogP contribution >= 0.6 is 0 Å². The van der Waals surface area contributed by atoms with Gasteiger partial charge in [-0.15, -0.1) is 0 Å². The van der Waals surface area contributed by atoms with E-state index in [9.17, 15) is 4.79 Å². The SMILES string of the molecule is NC(=O)c1cccc(O[C@H]2CCCNC2)n1. The molecule has 1 aromatic rings. The van der Waals surface area contributed by atoms with Crippen LogP contribution in [0, 0.1) is 0 Å². The van der Waals surface area contributed by atoms with Crippen LogP contribution in [0.3, 0.4) is 0 Å². The number of primary amides is 1. The highest BCUT2D eigenvalue weighted by Gasteiger charge is 2.15. The quantitative estimate of drug-likeness (QED) is 0.770. The molecule has 0 aromatic carbocycles. The number of ether oxygens (including phenoxy) is 1. The second kappa shape index (κ2) is 4.94. The number of piperidine rings is 1. The molecule has 0 spiro atoms. The number of nitrogens with one attached hydrogen (secondary N) is 1. The van der Waals surface area contributed by atoms with Gasteiger partial charge in [0.15, 0.2) is 0 Å². The zero-order chi connectivity index (χ0) is 11.4. The van der Waals surface area contributed by atoms with E-state index in [0.29, 0.717) is 5.88 Å². The smallest absolute Gasteiger partial charge is 0.267 e. The minimum absolute atomic E-state index is 0.129. The fourth-order valence-electron chi connectivity index (χ4n) is 1.71. The van der Waals surface area contributed by atoms with Crippen LogP contribution in [-0.2, 0) is 0 Å². The van der Waals surface area contributed by atoms with Crippen molar-refractivity contribution in [3.05, 3.63) is 23.9 Å². The molecule has 0 bridgehead atoms. The molecule has 1 saturated heterocycles. The van der Waals surface area contributed by atoms with Crippen LogP contribution in [0.4, 0.5) is 0 Å². The van der Waals surface area contributed by atoms with Gasteiger partial charge >= 0.3 is 0 Å². The zero-order valence-electron chi connectivity index (χ0n) is 8.98. The first-order valence-electron chi connectivity index (χ1n) is 5.40. The Balaban J connectivity index is 2.02. The molecular formula is C11H15N3O2. The molecule has 1 aliphatic rings. The lowest BCUT2D eigenvalue weighted by Crippen LogP contribution is -2.37. The van der Waals surface area contributed by atoms with Crippen LogP contribution in [0.25, 0.3) is 0 Å². The first-order chi connectivity index (χ1) is 7.75. The van der Waals surface area contributed by atoms with Gasteiger partial charge in [0.1, 0.15) is 11.8 Å². The van der Waals surface area contributed by atoms with Gasteiger partial charge in [0, 0.05) is 12.6 Å². The molecule has 0 radical (unpaired) electrons. The van der Waals surface area contributed by atoms with E-state index in [0.717, 1.165) is 25.9 Å². The van der Waals surface area contributed by atoms with Crippen molar-refractivity contribution in [2.75, 3.05) is 13.1 Å². The summed E-state index contributed by atoms with van der Waals surface area (Å²) in [5, 5.41) is 3.25. The minimum atomic E-state index is -0.535. The van der Waals surface area contributed by atoms with Gasteiger partial charge in [-0.25, -0.2) is 4.98 Å². The summed E-state index contributed by atoms with van der Waals surface area (Å²) in [6, 6.07) is 5.04. The summed E-state index contributed by atoms with van der Waals surface area (Å²) in [5.41, 5.74) is 5.38. The van der Waals surface area contributed by atoms with Crippen molar-refractivity contribution in [2.24, 2.45) is 5.73 Å². The summed E-state index contributed by atoms with van der Waals surface area (Å²) in [7, 11) is 0. The Morgan fingerprint density at radius 1 is 1.56 bits per heavy atom. The Morgan fingerprint density at radius 3 is 3.12 bits per heavy atom. The standard InChI is InChI=1S/C11H15N3O2/c12-11(15)9-4-1-5-10(14-9)16-8-3-2-6-13-7-8/h1,4-5,8,13H,2-3,6-7H2,(H2,12,15)/t8-/m0/s1. The van der Waals surface area contributed by atoms with Crippen molar-refractivity contribution < 1.29 is 9.53 Å². The van der Waals surface area contributed by atoms with Gasteiger partial charge in [0.25, 0.3) is 5.91 Å². The van der Waals surface area contributed by atoms with Crippen LogP contribution in [0.15, 0.2) is 18.2 Å². The molecule has 2 rings (SSSR count). The van der Waals surface area contributed by atoms with Crippen molar-refractivity contribution in [3.63, 3.8) is 0 Å². The summed E-state index contributed by atoms with van der Waals surface area (Å²) < 4.78 is 5.66. The monoisotopic (exact) mass is 221 g/mol. The Bertz CT molecular complexity index is 375. The van der Waals surface area contributed by atoms with E-state index in [1.165, 1.54) is 0 Å². The number of nitrogens with two attached hydrogens (primary N) is 1. The molecule has 2 heterocycles. The fourth-order valence-corrected chi connectivity index (χ4v) is 1.71. The largest absolute Gasteiger partial charge is 0.473 e. The molecule has 0 unspecified atom stereocenters. The van der Waals surface area contributed by atoms with Crippen molar-refractivity contribution in [3.8, 4) is 5.88 Å². The second-order valence-electron chi connectivity index (χ2n) is 3.81. The molecule has 5 nitrogen and oxygen atoms in total. The number of rotatable bonds is 3. The number of pyridine rings is 1. The van der Waals surface area contributed by atoms with Crippen molar-refractivity contribution in [2.45, 2.75) is 18.9 Å². The summed E-state index contributed by atoms with van der Waals surface area (Å²) in [4.78, 5) is 15.0. The van der Waals surface area contributed by atoms with Gasteiger partial charge in [-0.2, -0.15) is 0 Å². The third-order valence-corrected chi connectivity index (χ3v) is 2.52. The van der Waals surface area contributed by atoms with Crippen molar-refractivity contribution >= 4 is 5.91 Å². The van der Waals surface area contributed by atoms with E-state index in [1.807, 2.05) is 0 Å². The van der Waals surface area contributed by atoms with Gasteiger partial charge in [-0.1, -0.05) is 6.07 Å². The highest BCUT2D eigenvalue weighted by Crippen LogP contribution is 2.13. The maximum Gasteiger partial charge on any atom is 0.267 e. The third-order valence-electron chi connectivity index (χ3n) is 2.52. The summed E-state index contributed by atoms with van der Waals surface area (Å²) in [6.45, 7) is 1.86. The predicted octanol–water partition coefficient (Wildman–Crippen LogP) is 0.311. The molecule has 86 valence electrons. The van der Waals surface area contributed by atoms with Gasteiger partial charge in [0.2, 0.25) is 5.88 Å². The molecular weight excluding hydrogens is 206 g/mol. The van der Waals surface area contributed by atoms with E-state index in [1.54, 1.807) is 18.2 Å². The normalized spacial score (nSPS) is 20.4. The number of nitrogens with zero attached hydrogens (tertiary/aromatic N) is 1. The van der Waals surface area contributed by atoms with E-state index < -0.39 is 5.91 Å². The summed E-state index contributed by atoms with van der Waals surface area (Å²) in [6.07, 6.45) is 2.24. The highest BCUT2D eigenvalue weighted by molar-refractivity contribution is 5.90. The number of aromatic nitrogens is 1. The molecule has 5 heteroatoms. The lowest BCUT2D eigenvalue weighted by Gasteiger charge is -2.23. The average Bonchev–Trinajstić information content (AvgIpc) is 2.30. The number of amides is 1. The first kappa shape index (κ1) is 10.9. The van der Waals surface area contributed by atoms with Gasteiger partial charge in [-0.3, -0.25) is 4.79 Å². The van der Waals surface area contributed by atoms with Gasteiger partial charge in [0.05, 0.1) is 0 Å². The Morgan fingerprint density at radius 2 is 2.44 bits per heavy atom. The fraction of sp³-hybridized carbons (Fsp3) is 0.455. The maximum absolute atomic E-state index is 10.9. The predicted molar refractivity (Wildman–Crippen MR) is 59.3 cm³/mol. The van der Waals surface area contributed by atoms with E-state index in [-0.39, 0.29) is 11.8 Å². The molecule has 16 heavy (non-hydrogen) atoms. The molecule has 1 fully saturated rings. The molecule has 1 aromatic heterocycles. The molecule has 1 amide bonds. The Kier molecular flexibility index (Phi) is 3.36. The topological polar surface area (TPSA) is 77.2 Å². The first-order valence-corrected chi connectivity index (χ1v) is 5.40. The number of carbonyl (C=O) groups is 1. The van der Waals surface area contributed by atoms with Gasteiger partial charge < -0.3 is 15.8 Å². The third kappa shape index (κ3) is 2.70. The van der Waals surface area contributed by atoms with Gasteiger partial charge in [-0.05, 0) is 25.5 Å². The molecule has 0 aliphatic carbocycles. The van der Waals surface area contributed by atoms with Crippen LogP contribution < -0.4 is 15.8 Å². The lowest BCUT2D eigenvalue weighted by molar-refractivity contribution is 0.0992. The van der Waals surface area contributed by atoms with E-state index in [2.05, 4.69) is 10.3 Å². The molecule has 3 N–H and O–H groups in total. The minimum Gasteiger partial charge on any atom is -0.473 e. The highest BCUT2D eigenvalue weighted by atomic mass is 16.5. The summed E-state index contributed by atoms with van der Waals surface area (Å²) >= 11 is 0.